The van der Waals surface area contributed by atoms with E-state index in [1.165, 1.54) is 11.1 Å². The Bertz CT molecular complexity index is 942. The average molecular weight is 381 g/mol. The van der Waals surface area contributed by atoms with Gasteiger partial charge in [0.25, 0.3) is 0 Å². The molecule has 0 bridgehead atoms. The van der Waals surface area contributed by atoms with E-state index in [-0.39, 0.29) is 17.3 Å². The zero-order chi connectivity index (χ0) is 19.7. The third-order valence-corrected chi connectivity index (χ3v) is 6.17. The predicted molar refractivity (Wildman–Crippen MR) is 110 cm³/mol. The summed E-state index contributed by atoms with van der Waals surface area (Å²) >= 11 is 0. The molecule has 2 aromatic carbocycles. The maximum atomic E-state index is 13.5. The summed E-state index contributed by atoms with van der Waals surface area (Å²) in [6.45, 7) is 6.86. The Morgan fingerprint density at radius 2 is 1.93 bits per heavy atom. The topological polar surface area (TPSA) is 41.1 Å². The van der Waals surface area contributed by atoms with Crippen LogP contribution >= 0.6 is 0 Å². The van der Waals surface area contributed by atoms with Crippen LogP contribution in [0.5, 0.6) is 0 Å². The molecule has 0 aliphatic carbocycles. The molecule has 1 unspecified atom stereocenters. The van der Waals surface area contributed by atoms with E-state index >= 15 is 0 Å². The number of aromatic amines is 1. The fourth-order valence-corrected chi connectivity index (χ4v) is 4.30. The summed E-state index contributed by atoms with van der Waals surface area (Å²) < 4.78 is 19.9. The molecule has 3 aromatic rings. The van der Waals surface area contributed by atoms with Crippen molar-refractivity contribution in [2.75, 3.05) is 26.7 Å². The zero-order valence-corrected chi connectivity index (χ0v) is 16.8. The molecule has 1 N–H and O–H groups in total. The number of nitrogens with zero attached hydrogens (tertiary/aromatic N) is 2. The molecule has 0 amide bonds. The molecular weight excluding hydrogens is 353 g/mol. The Morgan fingerprint density at radius 3 is 2.64 bits per heavy atom. The first-order valence-electron chi connectivity index (χ1n) is 9.97. The predicted octanol–water partition coefficient (Wildman–Crippen LogP) is 4.75. The van der Waals surface area contributed by atoms with Gasteiger partial charge in [-0.05, 0) is 76.2 Å². The number of aryl methyl sites for hydroxylation is 1. The summed E-state index contributed by atoms with van der Waals surface area (Å²) in [5, 5.41) is 8.41. The Labute approximate surface area is 165 Å². The number of hydrogen-bond acceptors (Lipinski definition) is 3. The van der Waals surface area contributed by atoms with Crippen LogP contribution in [0, 0.1) is 12.7 Å². The second-order valence-corrected chi connectivity index (χ2v) is 8.23. The summed E-state index contributed by atoms with van der Waals surface area (Å²) in [4.78, 5) is 2.35. The van der Waals surface area contributed by atoms with Crippen molar-refractivity contribution in [2.24, 2.45) is 0 Å². The van der Waals surface area contributed by atoms with Crippen LogP contribution in [0.25, 0.3) is 10.9 Å². The number of H-pyrrole nitrogens is 1. The van der Waals surface area contributed by atoms with Crippen LogP contribution in [0.4, 0.5) is 4.39 Å². The molecule has 148 valence electrons. The number of hydrogen-bond donors (Lipinski definition) is 1. The maximum absolute atomic E-state index is 13.5. The number of benzene rings is 2. The highest BCUT2D eigenvalue weighted by Gasteiger charge is 2.36. The summed E-state index contributed by atoms with van der Waals surface area (Å²) in [7, 11) is 2.15. The molecular formula is C23H28FN3O. The van der Waals surface area contributed by atoms with Gasteiger partial charge in [-0.3, -0.25) is 5.10 Å². The minimum absolute atomic E-state index is 0.0557. The lowest BCUT2D eigenvalue weighted by atomic mass is 9.73. The van der Waals surface area contributed by atoms with Crippen LogP contribution in [-0.2, 0) is 10.2 Å². The van der Waals surface area contributed by atoms with Crippen LogP contribution in [0.1, 0.15) is 42.6 Å². The van der Waals surface area contributed by atoms with Crippen molar-refractivity contribution in [3.63, 3.8) is 0 Å². The van der Waals surface area contributed by atoms with Crippen LogP contribution in [0.3, 0.4) is 0 Å². The Hall–Kier alpha value is -2.24. The van der Waals surface area contributed by atoms with Crippen molar-refractivity contribution in [1.82, 2.24) is 15.1 Å². The van der Waals surface area contributed by atoms with E-state index in [0.717, 1.165) is 42.4 Å². The van der Waals surface area contributed by atoms with Crippen molar-refractivity contribution >= 4 is 10.9 Å². The van der Waals surface area contributed by atoms with E-state index in [9.17, 15) is 4.39 Å². The molecule has 28 heavy (non-hydrogen) atoms. The Kier molecular flexibility index (Phi) is 5.21. The molecule has 4 nitrogen and oxygen atoms in total. The number of piperidine rings is 1. The SMILES string of the molecule is Cc1cc(C(C)OCC2(c3ccc(F)cc3)CCN(C)CC2)c2[nH]ncc2c1. The zero-order valence-electron chi connectivity index (χ0n) is 16.8. The van der Waals surface area contributed by atoms with Gasteiger partial charge in [0.2, 0.25) is 0 Å². The highest BCUT2D eigenvalue weighted by molar-refractivity contribution is 5.82. The summed E-state index contributed by atoms with van der Waals surface area (Å²) in [6.07, 6.45) is 3.82. The van der Waals surface area contributed by atoms with Gasteiger partial charge in [-0.2, -0.15) is 5.10 Å². The van der Waals surface area contributed by atoms with Gasteiger partial charge in [0.1, 0.15) is 5.82 Å². The molecule has 0 radical (unpaired) electrons. The van der Waals surface area contributed by atoms with Gasteiger partial charge in [-0.15, -0.1) is 0 Å². The Balaban J connectivity index is 1.59. The lowest BCUT2D eigenvalue weighted by Gasteiger charge is -2.41. The van der Waals surface area contributed by atoms with E-state index in [2.05, 4.69) is 48.1 Å². The van der Waals surface area contributed by atoms with Gasteiger partial charge in [0, 0.05) is 16.4 Å². The number of halogens is 1. The van der Waals surface area contributed by atoms with Crippen molar-refractivity contribution in [3.8, 4) is 0 Å². The molecule has 0 spiro atoms. The van der Waals surface area contributed by atoms with E-state index in [1.807, 2.05) is 18.3 Å². The highest BCUT2D eigenvalue weighted by Crippen LogP contribution is 2.37. The van der Waals surface area contributed by atoms with Crippen LogP contribution in [0.15, 0.2) is 42.6 Å². The second kappa shape index (κ2) is 7.64. The highest BCUT2D eigenvalue weighted by atomic mass is 19.1. The quantitative estimate of drug-likeness (QED) is 0.693. The van der Waals surface area contributed by atoms with Gasteiger partial charge >= 0.3 is 0 Å². The largest absolute Gasteiger partial charge is 0.373 e. The van der Waals surface area contributed by atoms with E-state index in [4.69, 9.17) is 4.74 Å². The van der Waals surface area contributed by atoms with E-state index in [0.29, 0.717) is 6.61 Å². The molecule has 5 heteroatoms. The molecule has 1 fully saturated rings. The number of ether oxygens (including phenoxy) is 1. The van der Waals surface area contributed by atoms with Gasteiger partial charge < -0.3 is 9.64 Å². The average Bonchev–Trinajstić information content (AvgIpc) is 3.16. The smallest absolute Gasteiger partial charge is 0.123 e. The first-order valence-corrected chi connectivity index (χ1v) is 9.97. The van der Waals surface area contributed by atoms with E-state index in [1.54, 1.807) is 12.1 Å². The normalized spacial score (nSPS) is 18.4. The minimum atomic E-state index is -0.192. The first-order chi connectivity index (χ1) is 13.5. The lowest BCUT2D eigenvalue weighted by molar-refractivity contribution is 0.00694. The molecule has 2 heterocycles. The molecule has 4 rings (SSSR count). The lowest BCUT2D eigenvalue weighted by Crippen LogP contribution is -2.44. The maximum Gasteiger partial charge on any atom is 0.123 e. The molecule has 1 saturated heterocycles. The molecule has 1 atom stereocenters. The standard InChI is InChI=1S/C23H28FN3O/c1-16-12-18-14-25-26-22(18)21(13-16)17(2)28-15-23(8-10-27(3)11-9-23)19-4-6-20(24)7-5-19/h4-7,12-14,17H,8-11,15H2,1-3H3,(H,25,26). The van der Waals surface area contributed by atoms with E-state index < -0.39 is 0 Å². The van der Waals surface area contributed by atoms with Crippen molar-refractivity contribution < 1.29 is 9.13 Å². The van der Waals surface area contributed by atoms with Crippen molar-refractivity contribution in [1.29, 1.82) is 0 Å². The van der Waals surface area contributed by atoms with Crippen LogP contribution < -0.4 is 0 Å². The third-order valence-electron chi connectivity index (χ3n) is 6.17. The number of rotatable bonds is 5. The number of fused-ring (bicyclic) bond motifs is 1. The Morgan fingerprint density at radius 1 is 1.21 bits per heavy atom. The summed E-state index contributed by atoms with van der Waals surface area (Å²) in [6, 6.07) is 11.3. The van der Waals surface area contributed by atoms with Gasteiger partial charge in [-0.1, -0.05) is 18.2 Å². The van der Waals surface area contributed by atoms with Crippen molar-refractivity contribution in [2.45, 2.75) is 38.2 Å². The summed E-state index contributed by atoms with van der Waals surface area (Å²) in [5.41, 5.74) is 4.47. The van der Waals surface area contributed by atoms with Crippen molar-refractivity contribution in [3.05, 3.63) is 65.1 Å². The summed E-state index contributed by atoms with van der Waals surface area (Å²) in [5.74, 6) is -0.192. The molecule has 0 saturated carbocycles. The monoisotopic (exact) mass is 381 g/mol. The second-order valence-electron chi connectivity index (χ2n) is 8.23. The first kappa shape index (κ1) is 19.1. The molecule has 1 aliphatic rings. The van der Waals surface area contributed by atoms with Gasteiger partial charge in [0.15, 0.2) is 0 Å². The number of likely N-dealkylation sites (tertiary alicyclic amines) is 1. The molecule has 1 aliphatic heterocycles. The van der Waals surface area contributed by atoms with Crippen LogP contribution in [-0.4, -0.2) is 41.8 Å². The molecule has 1 aromatic heterocycles. The number of aromatic nitrogens is 2. The minimum Gasteiger partial charge on any atom is -0.373 e. The van der Waals surface area contributed by atoms with Gasteiger partial charge in [-0.25, -0.2) is 4.39 Å². The van der Waals surface area contributed by atoms with Crippen LogP contribution in [0.2, 0.25) is 0 Å². The van der Waals surface area contributed by atoms with Gasteiger partial charge in [0.05, 0.1) is 24.4 Å². The fourth-order valence-electron chi connectivity index (χ4n) is 4.30. The third kappa shape index (κ3) is 3.69. The fraction of sp³-hybridized carbons (Fsp3) is 0.435. The number of nitrogens with one attached hydrogen (secondary N) is 1.